The minimum Gasteiger partial charge on any atom is -0.489 e. The third-order valence-corrected chi connectivity index (χ3v) is 5.54. The molecule has 0 aliphatic carbocycles. The molecule has 0 unspecified atom stereocenters. The number of amides is 2. The van der Waals surface area contributed by atoms with Gasteiger partial charge in [-0.15, -0.1) is 0 Å². The lowest BCUT2D eigenvalue weighted by Gasteiger charge is -2.31. The molecule has 0 spiro atoms. The van der Waals surface area contributed by atoms with Gasteiger partial charge in [0.2, 0.25) is 5.91 Å². The summed E-state index contributed by atoms with van der Waals surface area (Å²) in [5.74, 6) is 0.707. The largest absolute Gasteiger partial charge is 0.489 e. The monoisotopic (exact) mass is 414 g/mol. The van der Waals surface area contributed by atoms with Gasteiger partial charge in [0.15, 0.2) is 0 Å². The van der Waals surface area contributed by atoms with Crippen molar-refractivity contribution >= 4 is 17.5 Å². The molecule has 3 aromatic carbocycles. The average Bonchev–Trinajstić information content (AvgIpc) is 2.84. The average molecular weight is 415 g/mol. The molecule has 0 bridgehead atoms. The Morgan fingerprint density at radius 1 is 0.839 bits per heavy atom. The van der Waals surface area contributed by atoms with Gasteiger partial charge in [-0.2, -0.15) is 0 Å². The van der Waals surface area contributed by atoms with Crippen LogP contribution in [0, 0.1) is 5.92 Å². The molecule has 0 saturated carbocycles. The lowest BCUT2D eigenvalue weighted by molar-refractivity contribution is -0.121. The molecule has 2 amide bonds. The predicted octanol–water partition coefficient (Wildman–Crippen LogP) is 4.76. The van der Waals surface area contributed by atoms with E-state index in [2.05, 4.69) is 5.32 Å². The van der Waals surface area contributed by atoms with Gasteiger partial charge in [-0.25, -0.2) is 0 Å². The highest BCUT2D eigenvalue weighted by atomic mass is 16.5. The van der Waals surface area contributed by atoms with E-state index >= 15 is 0 Å². The first-order chi connectivity index (χ1) is 15.2. The zero-order chi connectivity index (χ0) is 21.5. The summed E-state index contributed by atoms with van der Waals surface area (Å²) in [7, 11) is 0. The van der Waals surface area contributed by atoms with Crippen LogP contribution in [0.25, 0.3) is 0 Å². The van der Waals surface area contributed by atoms with Gasteiger partial charge >= 0.3 is 0 Å². The van der Waals surface area contributed by atoms with E-state index in [-0.39, 0.29) is 17.7 Å². The van der Waals surface area contributed by atoms with Crippen molar-refractivity contribution in [2.24, 2.45) is 5.92 Å². The van der Waals surface area contributed by atoms with E-state index in [1.807, 2.05) is 89.8 Å². The summed E-state index contributed by atoms with van der Waals surface area (Å²) >= 11 is 0. The van der Waals surface area contributed by atoms with Gasteiger partial charge in [-0.1, -0.05) is 48.5 Å². The van der Waals surface area contributed by atoms with E-state index in [1.54, 1.807) is 0 Å². The first kappa shape index (κ1) is 20.7. The molecule has 0 atom stereocenters. The number of piperidine rings is 1. The van der Waals surface area contributed by atoms with Crippen LogP contribution in [0.5, 0.6) is 5.75 Å². The van der Waals surface area contributed by atoms with Gasteiger partial charge < -0.3 is 15.0 Å². The Morgan fingerprint density at radius 3 is 2.10 bits per heavy atom. The highest BCUT2D eigenvalue weighted by Gasteiger charge is 2.27. The summed E-state index contributed by atoms with van der Waals surface area (Å²) in [6.07, 6.45) is 1.34. The summed E-state index contributed by atoms with van der Waals surface area (Å²) in [4.78, 5) is 27.1. The molecule has 0 radical (unpaired) electrons. The Kier molecular flexibility index (Phi) is 6.62. The number of carbonyl (C=O) groups is 2. The SMILES string of the molecule is O=C(Nc1ccc(OCc2ccccc2)cc1)C1CCN(C(=O)c2ccccc2)CC1. The number of nitrogens with zero attached hydrogens (tertiary/aromatic N) is 1. The lowest BCUT2D eigenvalue weighted by atomic mass is 9.95. The van der Waals surface area contributed by atoms with Crippen LogP contribution in [0.2, 0.25) is 0 Å². The Bertz CT molecular complexity index is 996. The standard InChI is InChI=1S/C26H26N2O3/c29-25(21-15-17-28(18-16-21)26(30)22-9-5-2-6-10-22)27-23-11-13-24(14-12-23)31-19-20-7-3-1-4-8-20/h1-14,21H,15-19H2,(H,27,29). The van der Waals surface area contributed by atoms with Crippen LogP contribution in [0.3, 0.4) is 0 Å². The third kappa shape index (κ3) is 5.51. The summed E-state index contributed by atoms with van der Waals surface area (Å²) in [6.45, 7) is 1.70. The number of carbonyl (C=O) groups excluding carboxylic acids is 2. The van der Waals surface area contributed by atoms with Crippen LogP contribution in [0.15, 0.2) is 84.9 Å². The van der Waals surface area contributed by atoms with Gasteiger partial charge in [0.25, 0.3) is 5.91 Å². The zero-order valence-electron chi connectivity index (χ0n) is 17.4. The molecule has 1 saturated heterocycles. The normalized spacial score (nSPS) is 14.1. The van der Waals surface area contributed by atoms with Crippen molar-refractivity contribution in [3.63, 3.8) is 0 Å². The fraction of sp³-hybridized carbons (Fsp3) is 0.231. The van der Waals surface area contributed by atoms with Crippen molar-refractivity contribution < 1.29 is 14.3 Å². The molecule has 1 heterocycles. The molecule has 3 aromatic rings. The quantitative estimate of drug-likeness (QED) is 0.633. The van der Waals surface area contributed by atoms with E-state index < -0.39 is 0 Å². The van der Waals surface area contributed by atoms with Gasteiger partial charge in [-0.05, 0) is 54.8 Å². The molecule has 5 heteroatoms. The molecule has 1 aliphatic rings. The Morgan fingerprint density at radius 2 is 1.45 bits per heavy atom. The number of rotatable bonds is 6. The molecule has 0 aromatic heterocycles. The number of benzene rings is 3. The Balaban J connectivity index is 1.25. The van der Waals surface area contributed by atoms with E-state index in [1.165, 1.54) is 0 Å². The molecule has 5 nitrogen and oxygen atoms in total. The van der Waals surface area contributed by atoms with Crippen molar-refractivity contribution in [2.45, 2.75) is 19.4 Å². The maximum Gasteiger partial charge on any atom is 0.253 e. The fourth-order valence-electron chi connectivity index (χ4n) is 3.73. The van der Waals surface area contributed by atoms with Crippen LogP contribution in [-0.2, 0) is 11.4 Å². The minimum atomic E-state index is -0.0890. The maximum absolute atomic E-state index is 12.7. The predicted molar refractivity (Wildman–Crippen MR) is 121 cm³/mol. The first-order valence-corrected chi connectivity index (χ1v) is 10.6. The van der Waals surface area contributed by atoms with Gasteiger partial charge in [0.05, 0.1) is 0 Å². The molecule has 158 valence electrons. The molecule has 31 heavy (non-hydrogen) atoms. The zero-order valence-corrected chi connectivity index (χ0v) is 17.4. The minimum absolute atomic E-state index is 0.00441. The first-order valence-electron chi connectivity index (χ1n) is 10.6. The van der Waals surface area contributed by atoms with Crippen molar-refractivity contribution in [3.8, 4) is 5.75 Å². The van der Waals surface area contributed by atoms with Gasteiger partial charge in [0.1, 0.15) is 12.4 Å². The molecule has 1 N–H and O–H groups in total. The number of likely N-dealkylation sites (tertiary alicyclic amines) is 1. The van der Waals surface area contributed by atoms with E-state index in [0.29, 0.717) is 38.1 Å². The smallest absolute Gasteiger partial charge is 0.253 e. The maximum atomic E-state index is 12.7. The molecular formula is C26H26N2O3. The van der Waals surface area contributed by atoms with Crippen molar-refractivity contribution in [1.82, 2.24) is 4.90 Å². The van der Waals surface area contributed by atoms with Crippen molar-refractivity contribution in [2.75, 3.05) is 18.4 Å². The summed E-state index contributed by atoms with van der Waals surface area (Å²) in [5.41, 5.74) is 2.55. The Labute approximate surface area is 182 Å². The topological polar surface area (TPSA) is 58.6 Å². The number of nitrogens with one attached hydrogen (secondary N) is 1. The second kappa shape index (κ2) is 9.94. The van der Waals surface area contributed by atoms with E-state index in [9.17, 15) is 9.59 Å². The van der Waals surface area contributed by atoms with Crippen molar-refractivity contribution in [1.29, 1.82) is 0 Å². The highest BCUT2D eigenvalue weighted by molar-refractivity contribution is 5.95. The number of hydrogen-bond donors (Lipinski definition) is 1. The van der Waals surface area contributed by atoms with Crippen LogP contribution in [0.1, 0.15) is 28.8 Å². The molecule has 4 rings (SSSR count). The second-order valence-corrected chi connectivity index (χ2v) is 7.72. The van der Waals surface area contributed by atoms with Gasteiger partial charge in [-0.3, -0.25) is 9.59 Å². The van der Waals surface area contributed by atoms with E-state index in [0.717, 1.165) is 17.0 Å². The van der Waals surface area contributed by atoms with E-state index in [4.69, 9.17) is 4.74 Å². The summed E-state index contributed by atoms with van der Waals surface area (Å²) < 4.78 is 5.79. The molecule has 1 fully saturated rings. The highest BCUT2D eigenvalue weighted by Crippen LogP contribution is 2.22. The molecular weight excluding hydrogens is 388 g/mol. The summed E-state index contributed by atoms with van der Waals surface area (Å²) in [6, 6.07) is 26.7. The lowest BCUT2D eigenvalue weighted by Crippen LogP contribution is -2.41. The van der Waals surface area contributed by atoms with Crippen LogP contribution in [-0.4, -0.2) is 29.8 Å². The number of hydrogen-bond acceptors (Lipinski definition) is 3. The van der Waals surface area contributed by atoms with Gasteiger partial charge in [0, 0.05) is 30.3 Å². The molecule has 1 aliphatic heterocycles. The Hall–Kier alpha value is -3.60. The van der Waals surface area contributed by atoms with Crippen LogP contribution >= 0.6 is 0 Å². The fourth-order valence-corrected chi connectivity index (χ4v) is 3.73. The van der Waals surface area contributed by atoms with Crippen LogP contribution in [0.4, 0.5) is 5.69 Å². The third-order valence-electron chi connectivity index (χ3n) is 5.54. The number of ether oxygens (including phenoxy) is 1. The second-order valence-electron chi connectivity index (χ2n) is 7.72. The summed E-state index contributed by atoms with van der Waals surface area (Å²) in [5, 5.41) is 2.99. The van der Waals surface area contributed by atoms with Crippen molar-refractivity contribution in [3.05, 3.63) is 96.1 Å². The number of anilines is 1. The van der Waals surface area contributed by atoms with Crippen LogP contribution < -0.4 is 10.1 Å².